The third kappa shape index (κ3) is 2.76. The molecule has 1 fully saturated rings. The second-order valence-electron chi connectivity index (χ2n) is 5.29. The molecule has 0 aliphatic carbocycles. The summed E-state index contributed by atoms with van der Waals surface area (Å²) in [7, 11) is 0. The molecule has 2 heterocycles. The Morgan fingerprint density at radius 3 is 2.95 bits per heavy atom. The van der Waals surface area contributed by atoms with E-state index >= 15 is 0 Å². The molecular formula is C16H19NO3. The van der Waals surface area contributed by atoms with Crippen LogP contribution in [0.5, 0.6) is 0 Å². The van der Waals surface area contributed by atoms with Crippen molar-refractivity contribution in [3.8, 4) is 0 Å². The fraction of sp³-hybridized carbons (Fsp3) is 0.438. The van der Waals surface area contributed by atoms with E-state index in [2.05, 4.69) is 5.32 Å². The molecule has 1 N–H and O–H groups in total. The van der Waals surface area contributed by atoms with Gasteiger partial charge in [-0.2, -0.15) is 0 Å². The average molecular weight is 273 g/mol. The first-order valence-corrected chi connectivity index (χ1v) is 7.09. The summed E-state index contributed by atoms with van der Waals surface area (Å²) in [5.74, 6) is 0.308. The lowest BCUT2D eigenvalue weighted by atomic mass is 10.1. The minimum atomic E-state index is -0.0841. The standard InChI is InChI=1S/C16H19NO3/c1-11-3-2-4-12-9-15(20-16(11)12)14(18)10-19-13-5-7-17-8-6-13/h2-4,9,13,17H,5-8,10H2,1H3. The summed E-state index contributed by atoms with van der Waals surface area (Å²) in [4.78, 5) is 12.1. The van der Waals surface area contributed by atoms with Gasteiger partial charge in [0.2, 0.25) is 5.78 Å². The number of piperidine rings is 1. The van der Waals surface area contributed by atoms with Crippen LogP contribution in [-0.2, 0) is 4.74 Å². The van der Waals surface area contributed by atoms with Crippen LogP contribution >= 0.6 is 0 Å². The van der Waals surface area contributed by atoms with Crippen LogP contribution in [0.25, 0.3) is 11.0 Å². The van der Waals surface area contributed by atoms with Crippen LogP contribution in [0, 0.1) is 6.92 Å². The van der Waals surface area contributed by atoms with Gasteiger partial charge < -0.3 is 14.5 Å². The fourth-order valence-electron chi connectivity index (χ4n) is 2.57. The zero-order valence-corrected chi connectivity index (χ0v) is 11.6. The molecule has 2 aromatic rings. The van der Waals surface area contributed by atoms with Gasteiger partial charge in [0.1, 0.15) is 12.2 Å². The molecule has 4 heteroatoms. The second-order valence-corrected chi connectivity index (χ2v) is 5.29. The Morgan fingerprint density at radius 1 is 1.40 bits per heavy atom. The number of fused-ring (bicyclic) bond motifs is 1. The summed E-state index contributed by atoms with van der Waals surface area (Å²) in [6.07, 6.45) is 2.12. The number of nitrogens with one attached hydrogen (secondary N) is 1. The Kier molecular flexibility index (Phi) is 3.85. The topological polar surface area (TPSA) is 51.5 Å². The van der Waals surface area contributed by atoms with Crippen molar-refractivity contribution in [2.45, 2.75) is 25.9 Å². The van der Waals surface area contributed by atoms with Crippen molar-refractivity contribution in [1.82, 2.24) is 5.32 Å². The number of rotatable bonds is 4. The van der Waals surface area contributed by atoms with Crippen LogP contribution in [0.3, 0.4) is 0 Å². The van der Waals surface area contributed by atoms with Crippen LogP contribution in [0.1, 0.15) is 29.0 Å². The van der Waals surface area contributed by atoms with Gasteiger partial charge in [-0.25, -0.2) is 0 Å². The summed E-state index contributed by atoms with van der Waals surface area (Å²) in [5.41, 5.74) is 1.83. The van der Waals surface area contributed by atoms with Crippen molar-refractivity contribution in [2.75, 3.05) is 19.7 Å². The molecule has 20 heavy (non-hydrogen) atoms. The van der Waals surface area contributed by atoms with Crippen LogP contribution in [0.2, 0.25) is 0 Å². The summed E-state index contributed by atoms with van der Waals surface area (Å²) < 4.78 is 11.3. The van der Waals surface area contributed by atoms with Gasteiger partial charge in [-0.1, -0.05) is 18.2 Å². The molecule has 0 bridgehead atoms. The van der Waals surface area contributed by atoms with Gasteiger partial charge in [-0.05, 0) is 44.5 Å². The number of aryl methyl sites for hydroxylation is 1. The molecule has 0 atom stereocenters. The maximum absolute atomic E-state index is 12.1. The molecule has 1 aliphatic heterocycles. The number of benzene rings is 1. The van der Waals surface area contributed by atoms with Crippen molar-refractivity contribution in [1.29, 1.82) is 0 Å². The lowest BCUT2D eigenvalue weighted by Crippen LogP contribution is -2.33. The quantitative estimate of drug-likeness (QED) is 0.870. The summed E-state index contributed by atoms with van der Waals surface area (Å²) >= 11 is 0. The van der Waals surface area contributed by atoms with Gasteiger partial charge in [0.25, 0.3) is 0 Å². The fourth-order valence-corrected chi connectivity index (χ4v) is 2.57. The molecule has 1 saturated heterocycles. The highest BCUT2D eigenvalue weighted by molar-refractivity contribution is 5.98. The zero-order chi connectivity index (χ0) is 13.9. The molecule has 1 aliphatic rings. The Morgan fingerprint density at radius 2 is 2.20 bits per heavy atom. The molecular weight excluding hydrogens is 254 g/mol. The lowest BCUT2D eigenvalue weighted by Gasteiger charge is -2.22. The van der Waals surface area contributed by atoms with Gasteiger partial charge >= 0.3 is 0 Å². The SMILES string of the molecule is Cc1cccc2cc(C(=O)COC3CCNCC3)oc12. The van der Waals surface area contributed by atoms with Crippen LogP contribution in [0.15, 0.2) is 28.7 Å². The molecule has 0 amide bonds. The van der Waals surface area contributed by atoms with Crippen molar-refractivity contribution in [3.05, 3.63) is 35.6 Å². The minimum absolute atomic E-state index is 0.0841. The molecule has 3 rings (SSSR count). The van der Waals surface area contributed by atoms with E-state index in [1.54, 1.807) is 6.07 Å². The molecule has 1 aromatic carbocycles. The highest BCUT2D eigenvalue weighted by Gasteiger charge is 2.18. The van der Waals surface area contributed by atoms with Crippen LogP contribution < -0.4 is 5.32 Å². The van der Waals surface area contributed by atoms with Gasteiger partial charge in [0.15, 0.2) is 5.76 Å². The molecule has 106 valence electrons. The van der Waals surface area contributed by atoms with E-state index in [4.69, 9.17) is 9.15 Å². The number of ketones is 1. The first-order chi connectivity index (χ1) is 9.74. The number of para-hydroxylation sites is 1. The maximum atomic E-state index is 12.1. The highest BCUT2D eigenvalue weighted by atomic mass is 16.5. The molecule has 0 unspecified atom stereocenters. The van der Waals surface area contributed by atoms with E-state index in [-0.39, 0.29) is 18.5 Å². The normalized spacial score (nSPS) is 16.6. The monoisotopic (exact) mass is 273 g/mol. The van der Waals surface area contributed by atoms with E-state index < -0.39 is 0 Å². The number of Topliss-reactive ketones (excluding diaryl/α,β-unsaturated/α-hetero) is 1. The Balaban J connectivity index is 1.67. The van der Waals surface area contributed by atoms with Crippen molar-refractivity contribution in [2.24, 2.45) is 0 Å². The van der Waals surface area contributed by atoms with E-state index in [1.165, 1.54) is 0 Å². The number of hydrogen-bond acceptors (Lipinski definition) is 4. The van der Waals surface area contributed by atoms with E-state index in [1.807, 2.05) is 25.1 Å². The molecule has 0 radical (unpaired) electrons. The van der Waals surface area contributed by atoms with Gasteiger partial charge in [-0.3, -0.25) is 4.79 Å². The number of carbonyl (C=O) groups excluding carboxylic acids is 1. The third-order valence-corrected chi connectivity index (χ3v) is 3.75. The minimum Gasteiger partial charge on any atom is -0.453 e. The Bertz CT molecular complexity index is 611. The smallest absolute Gasteiger partial charge is 0.223 e. The van der Waals surface area contributed by atoms with Crippen molar-refractivity contribution >= 4 is 16.8 Å². The average Bonchev–Trinajstić information content (AvgIpc) is 2.91. The van der Waals surface area contributed by atoms with Crippen molar-refractivity contribution < 1.29 is 13.9 Å². The van der Waals surface area contributed by atoms with Gasteiger partial charge in [0.05, 0.1) is 6.10 Å². The van der Waals surface area contributed by atoms with Crippen LogP contribution in [0.4, 0.5) is 0 Å². The summed E-state index contributed by atoms with van der Waals surface area (Å²) in [6, 6.07) is 7.70. The largest absolute Gasteiger partial charge is 0.453 e. The number of carbonyl (C=O) groups is 1. The lowest BCUT2D eigenvalue weighted by molar-refractivity contribution is 0.0304. The first kappa shape index (κ1) is 13.3. The van der Waals surface area contributed by atoms with E-state index in [0.717, 1.165) is 42.5 Å². The predicted octanol–water partition coefficient (Wildman–Crippen LogP) is 2.69. The van der Waals surface area contributed by atoms with Crippen molar-refractivity contribution in [3.63, 3.8) is 0 Å². The number of ether oxygens (including phenoxy) is 1. The van der Waals surface area contributed by atoms with E-state index in [9.17, 15) is 4.79 Å². The number of hydrogen-bond donors (Lipinski definition) is 1. The summed E-state index contributed by atoms with van der Waals surface area (Å²) in [5, 5.41) is 4.24. The maximum Gasteiger partial charge on any atom is 0.223 e. The van der Waals surface area contributed by atoms with E-state index in [0.29, 0.717) is 5.76 Å². The Labute approximate surface area is 118 Å². The van der Waals surface area contributed by atoms with Crippen LogP contribution in [-0.4, -0.2) is 31.6 Å². The molecule has 0 saturated carbocycles. The van der Waals surface area contributed by atoms with Gasteiger partial charge in [0, 0.05) is 5.39 Å². The number of furan rings is 1. The predicted molar refractivity (Wildman–Crippen MR) is 77.1 cm³/mol. The second kappa shape index (κ2) is 5.77. The summed E-state index contributed by atoms with van der Waals surface area (Å²) in [6.45, 7) is 4.00. The molecule has 0 spiro atoms. The zero-order valence-electron chi connectivity index (χ0n) is 11.6. The molecule has 1 aromatic heterocycles. The highest BCUT2D eigenvalue weighted by Crippen LogP contribution is 2.23. The third-order valence-electron chi connectivity index (χ3n) is 3.75. The first-order valence-electron chi connectivity index (χ1n) is 7.09. The molecule has 4 nitrogen and oxygen atoms in total. The van der Waals surface area contributed by atoms with Gasteiger partial charge in [-0.15, -0.1) is 0 Å². The Hall–Kier alpha value is -1.65.